The highest BCUT2D eigenvalue weighted by Gasteiger charge is 2.30. The third-order valence-corrected chi connectivity index (χ3v) is 4.85. The molecule has 3 aromatic rings. The Balaban J connectivity index is 1.39. The molecule has 3 amide bonds. The standard InChI is InChI=1S/C22H17F3N4O2/c23-16-4-1-14(2-5-16)13-28-9-10-29(22(28)31)20-8-6-17(12-26-20)27-21(30)15-3-7-18(24)19(25)11-15/h1-8,11-12H,9-10,13H2,(H,27,30). The van der Waals surface area contributed by atoms with E-state index >= 15 is 0 Å². The Kier molecular flexibility index (Phi) is 5.57. The van der Waals surface area contributed by atoms with Gasteiger partial charge in [-0.1, -0.05) is 12.1 Å². The van der Waals surface area contributed by atoms with Gasteiger partial charge in [0.05, 0.1) is 11.9 Å². The van der Waals surface area contributed by atoms with Gasteiger partial charge in [0, 0.05) is 25.2 Å². The highest BCUT2D eigenvalue weighted by Crippen LogP contribution is 2.21. The van der Waals surface area contributed by atoms with Crippen molar-refractivity contribution in [2.45, 2.75) is 6.54 Å². The van der Waals surface area contributed by atoms with E-state index in [1.807, 2.05) is 0 Å². The number of carbonyl (C=O) groups is 2. The number of hydrogen-bond acceptors (Lipinski definition) is 3. The average molecular weight is 426 g/mol. The molecule has 0 saturated carbocycles. The van der Waals surface area contributed by atoms with Crippen LogP contribution in [0.4, 0.5) is 29.5 Å². The molecule has 1 aliphatic heterocycles. The average Bonchev–Trinajstić information content (AvgIpc) is 3.12. The Hall–Kier alpha value is -3.88. The molecule has 2 aromatic carbocycles. The highest BCUT2D eigenvalue weighted by atomic mass is 19.2. The van der Waals surface area contributed by atoms with Crippen molar-refractivity contribution < 1.29 is 22.8 Å². The molecule has 2 heterocycles. The first-order valence-corrected chi connectivity index (χ1v) is 9.44. The van der Waals surface area contributed by atoms with Gasteiger partial charge in [0.25, 0.3) is 5.91 Å². The van der Waals surface area contributed by atoms with E-state index in [9.17, 15) is 22.8 Å². The molecule has 0 aliphatic carbocycles. The molecule has 6 nitrogen and oxygen atoms in total. The highest BCUT2D eigenvalue weighted by molar-refractivity contribution is 6.04. The lowest BCUT2D eigenvalue weighted by Crippen LogP contribution is -2.31. The fraction of sp³-hybridized carbons (Fsp3) is 0.136. The predicted octanol–water partition coefficient (Wildman–Crippen LogP) is 4.19. The van der Waals surface area contributed by atoms with Gasteiger partial charge in [-0.15, -0.1) is 0 Å². The summed E-state index contributed by atoms with van der Waals surface area (Å²) in [6, 6.07) is 11.8. The molecule has 0 spiro atoms. The van der Waals surface area contributed by atoms with Crippen molar-refractivity contribution in [2.24, 2.45) is 0 Å². The number of nitrogens with zero attached hydrogens (tertiary/aromatic N) is 3. The molecular weight excluding hydrogens is 409 g/mol. The maximum absolute atomic E-state index is 13.3. The number of pyridine rings is 1. The van der Waals surface area contributed by atoms with E-state index < -0.39 is 17.5 Å². The number of urea groups is 1. The Bertz CT molecular complexity index is 1120. The van der Waals surface area contributed by atoms with Gasteiger partial charge in [-0.3, -0.25) is 9.69 Å². The minimum atomic E-state index is -1.11. The number of aromatic nitrogens is 1. The van der Waals surface area contributed by atoms with Crippen LogP contribution in [0.15, 0.2) is 60.8 Å². The zero-order valence-corrected chi connectivity index (χ0v) is 16.2. The van der Waals surface area contributed by atoms with Crippen LogP contribution in [0.5, 0.6) is 0 Å². The number of carbonyl (C=O) groups excluding carboxylic acids is 2. The molecule has 0 atom stereocenters. The number of benzene rings is 2. The summed E-state index contributed by atoms with van der Waals surface area (Å²) >= 11 is 0. The normalized spacial score (nSPS) is 13.6. The molecular formula is C22H17F3N4O2. The fourth-order valence-corrected chi connectivity index (χ4v) is 3.21. The van der Waals surface area contributed by atoms with Crippen molar-refractivity contribution in [3.63, 3.8) is 0 Å². The Morgan fingerprint density at radius 3 is 2.42 bits per heavy atom. The predicted molar refractivity (Wildman–Crippen MR) is 108 cm³/mol. The van der Waals surface area contributed by atoms with Gasteiger partial charge < -0.3 is 10.2 Å². The maximum Gasteiger partial charge on any atom is 0.326 e. The summed E-state index contributed by atoms with van der Waals surface area (Å²) in [5.41, 5.74) is 1.13. The van der Waals surface area contributed by atoms with Crippen molar-refractivity contribution in [3.8, 4) is 0 Å². The molecule has 0 bridgehead atoms. The van der Waals surface area contributed by atoms with Gasteiger partial charge in [-0.2, -0.15) is 0 Å². The molecule has 4 rings (SSSR count). The summed E-state index contributed by atoms with van der Waals surface area (Å²) in [6.45, 7) is 1.29. The van der Waals surface area contributed by atoms with Gasteiger partial charge in [0.15, 0.2) is 11.6 Å². The lowest BCUT2D eigenvalue weighted by Gasteiger charge is -2.18. The van der Waals surface area contributed by atoms with Crippen molar-refractivity contribution >= 4 is 23.4 Å². The van der Waals surface area contributed by atoms with Crippen molar-refractivity contribution in [2.75, 3.05) is 23.3 Å². The van der Waals surface area contributed by atoms with Crippen LogP contribution < -0.4 is 10.2 Å². The topological polar surface area (TPSA) is 65.5 Å². The van der Waals surface area contributed by atoms with E-state index in [-0.39, 0.29) is 17.4 Å². The lowest BCUT2D eigenvalue weighted by molar-refractivity contribution is 0.102. The summed E-state index contributed by atoms with van der Waals surface area (Å²) < 4.78 is 39.4. The summed E-state index contributed by atoms with van der Waals surface area (Å²) in [4.78, 5) is 32.2. The minimum absolute atomic E-state index is 0.0332. The monoisotopic (exact) mass is 426 g/mol. The molecule has 1 saturated heterocycles. The first kappa shape index (κ1) is 20.4. The quantitative estimate of drug-likeness (QED) is 0.665. The SMILES string of the molecule is O=C(Nc1ccc(N2CCN(Cc3ccc(F)cc3)C2=O)nc1)c1ccc(F)c(F)c1. The first-order valence-electron chi connectivity index (χ1n) is 9.44. The number of anilines is 2. The zero-order valence-electron chi connectivity index (χ0n) is 16.2. The van der Waals surface area contributed by atoms with Crippen LogP contribution in [0, 0.1) is 17.5 Å². The molecule has 1 fully saturated rings. The molecule has 1 N–H and O–H groups in total. The van der Waals surface area contributed by atoms with Crippen LogP contribution in [0.25, 0.3) is 0 Å². The summed E-state index contributed by atoms with van der Waals surface area (Å²) in [5.74, 6) is -2.68. The van der Waals surface area contributed by atoms with Crippen LogP contribution in [0.1, 0.15) is 15.9 Å². The lowest BCUT2D eigenvalue weighted by atomic mass is 10.2. The minimum Gasteiger partial charge on any atom is -0.321 e. The fourth-order valence-electron chi connectivity index (χ4n) is 3.21. The number of rotatable bonds is 5. The second-order valence-electron chi connectivity index (χ2n) is 6.97. The molecule has 9 heteroatoms. The first-order chi connectivity index (χ1) is 14.9. The van der Waals surface area contributed by atoms with Crippen LogP contribution >= 0.6 is 0 Å². The van der Waals surface area contributed by atoms with Crippen LogP contribution in [0.3, 0.4) is 0 Å². The Morgan fingerprint density at radius 1 is 0.968 bits per heavy atom. The second kappa shape index (κ2) is 8.47. The van der Waals surface area contributed by atoms with Crippen LogP contribution in [0.2, 0.25) is 0 Å². The van der Waals surface area contributed by atoms with Crippen molar-refractivity contribution in [1.82, 2.24) is 9.88 Å². The summed E-state index contributed by atoms with van der Waals surface area (Å²) in [7, 11) is 0. The van der Waals surface area contributed by atoms with E-state index in [1.165, 1.54) is 29.3 Å². The molecule has 158 valence electrons. The Labute approximate surface area is 175 Å². The zero-order chi connectivity index (χ0) is 22.0. The molecule has 0 unspecified atom stereocenters. The number of halogens is 3. The molecule has 1 aliphatic rings. The van der Waals surface area contributed by atoms with Crippen LogP contribution in [-0.4, -0.2) is 34.9 Å². The number of nitrogens with one attached hydrogen (secondary N) is 1. The van der Waals surface area contributed by atoms with Crippen molar-refractivity contribution in [1.29, 1.82) is 0 Å². The second-order valence-corrected chi connectivity index (χ2v) is 6.97. The van der Waals surface area contributed by atoms with E-state index in [4.69, 9.17) is 0 Å². The smallest absolute Gasteiger partial charge is 0.321 e. The van der Waals surface area contributed by atoms with Gasteiger partial charge in [-0.05, 0) is 48.0 Å². The van der Waals surface area contributed by atoms with E-state index in [1.54, 1.807) is 29.2 Å². The number of amides is 3. The summed E-state index contributed by atoms with van der Waals surface area (Å²) in [6.07, 6.45) is 1.38. The van der Waals surface area contributed by atoms with Gasteiger partial charge in [-0.25, -0.2) is 22.9 Å². The molecule has 0 radical (unpaired) electrons. The van der Waals surface area contributed by atoms with Gasteiger partial charge in [0.1, 0.15) is 11.6 Å². The maximum atomic E-state index is 13.3. The molecule has 31 heavy (non-hydrogen) atoms. The van der Waals surface area contributed by atoms with Gasteiger partial charge in [0.2, 0.25) is 0 Å². The van der Waals surface area contributed by atoms with Crippen LogP contribution in [-0.2, 0) is 6.54 Å². The number of hydrogen-bond donors (Lipinski definition) is 1. The van der Waals surface area contributed by atoms with E-state index in [0.717, 1.165) is 17.7 Å². The van der Waals surface area contributed by atoms with E-state index in [0.29, 0.717) is 31.1 Å². The van der Waals surface area contributed by atoms with E-state index in [2.05, 4.69) is 10.3 Å². The molecule has 1 aromatic heterocycles. The Morgan fingerprint density at radius 2 is 1.74 bits per heavy atom. The third-order valence-electron chi connectivity index (χ3n) is 4.85. The van der Waals surface area contributed by atoms with Gasteiger partial charge >= 0.3 is 6.03 Å². The van der Waals surface area contributed by atoms with Crippen molar-refractivity contribution in [3.05, 3.63) is 89.4 Å². The summed E-state index contributed by atoms with van der Waals surface area (Å²) in [5, 5.41) is 2.54. The largest absolute Gasteiger partial charge is 0.326 e. The third kappa shape index (κ3) is 4.50.